The van der Waals surface area contributed by atoms with Crippen LogP contribution in [0.1, 0.15) is 43.8 Å². The van der Waals surface area contributed by atoms with Crippen molar-refractivity contribution in [3.05, 3.63) is 61.7 Å². The lowest BCUT2D eigenvalue weighted by molar-refractivity contribution is -0.112. The number of halogens is 1. The first-order valence-electron chi connectivity index (χ1n) is 11.6. The van der Waals surface area contributed by atoms with Gasteiger partial charge in [-0.15, -0.1) is 10.2 Å². The molecule has 194 valence electrons. The van der Waals surface area contributed by atoms with Gasteiger partial charge in [-0.1, -0.05) is 51.2 Å². The molecule has 0 aliphatic rings. The molecule has 1 aromatic heterocycles. The Bertz CT molecular complexity index is 1310. The lowest BCUT2D eigenvalue weighted by Crippen LogP contribution is -2.13. The zero-order valence-corrected chi connectivity index (χ0v) is 24.4. The van der Waals surface area contributed by atoms with E-state index in [9.17, 15) is 10.1 Å². The van der Waals surface area contributed by atoms with Gasteiger partial charge in [-0.25, -0.2) is 0 Å². The summed E-state index contributed by atoms with van der Waals surface area (Å²) in [5.41, 5.74) is 1.89. The Balaban J connectivity index is 1.64. The Kier molecular flexibility index (Phi) is 9.88. The van der Waals surface area contributed by atoms with E-state index in [-0.39, 0.29) is 11.0 Å². The van der Waals surface area contributed by atoms with Gasteiger partial charge in [0.15, 0.2) is 11.5 Å². The Hall–Kier alpha value is -3.17. The first-order valence-corrected chi connectivity index (χ1v) is 13.5. The fraction of sp³-hybridized carbons (Fsp3) is 0.333. The standard InChI is InChI=1S/C27H29IN4O4S/c1-6-23-31-32-26(37-23)30-25(33)18(16-29)13-17-14-21(28)24(22(15-17)34-5)36-12-11-35-20-9-7-19(8-10-20)27(2,3)4/h7-10,13-15H,6,11-12H2,1-5H3,(H,30,32,33)/b18-13-. The van der Waals surface area contributed by atoms with E-state index >= 15 is 0 Å². The first-order chi connectivity index (χ1) is 17.6. The highest BCUT2D eigenvalue weighted by atomic mass is 127. The topological polar surface area (TPSA) is 106 Å². The predicted molar refractivity (Wildman–Crippen MR) is 153 cm³/mol. The van der Waals surface area contributed by atoms with Crippen molar-refractivity contribution in [3.8, 4) is 23.3 Å². The van der Waals surface area contributed by atoms with E-state index in [4.69, 9.17) is 14.2 Å². The number of amides is 1. The van der Waals surface area contributed by atoms with Crippen LogP contribution in [0.4, 0.5) is 5.13 Å². The molecule has 0 atom stereocenters. The van der Waals surface area contributed by atoms with Crippen LogP contribution < -0.4 is 19.5 Å². The van der Waals surface area contributed by atoms with Crippen molar-refractivity contribution in [2.75, 3.05) is 25.6 Å². The molecular formula is C27H29IN4O4S. The molecule has 0 unspecified atom stereocenters. The molecule has 3 aromatic rings. The highest BCUT2D eigenvalue weighted by molar-refractivity contribution is 14.1. The van der Waals surface area contributed by atoms with Gasteiger partial charge in [0.1, 0.15) is 35.6 Å². The average molecular weight is 633 g/mol. The van der Waals surface area contributed by atoms with Crippen molar-refractivity contribution >= 4 is 51.0 Å². The van der Waals surface area contributed by atoms with E-state index in [0.717, 1.165) is 20.7 Å². The molecule has 1 amide bonds. The molecule has 8 nitrogen and oxygen atoms in total. The Labute approximate surface area is 234 Å². The third-order valence-corrected chi connectivity index (χ3v) is 7.02. The van der Waals surface area contributed by atoms with E-state index in [2.05, 4.69) is 71.0 Å². The van der Waals surface area contributed by atoms with Gasteiger partial charge in [-0.3, -0.25) is 10.1 Å². The molecule has 0 saturated carbocycles. The van der Waals surface area contributed by atoms with Gasteiger partial charge in [0, 0.05) is 0 Å². The number of ether oxygens (including phenoxy) is 3. The van der Waals surface area contributed by atoms with Crippen molar-refractivity contribution in [1.82, 2.24) is 10.2 Å². The molecule has 0 aliphatic heterocycles. The van der Waals surface area contributed by atoms with Crippen LogP contribution in [0.15, 0.2) is 42.0 Å². The van der Waals surface area contributed by atoms with Gasteiger partial charge in [0.05, 0.1) is 10.7 Å². The van der Waals surface area contributed by atoms with Gasteiger partial charge < -0.3 is 14.2 Å². The van der Waals surface area contributed by atoms with E-state index in [1.807, 2.05) is 31.2 Å². The SMILES string of the molecule is CCc1nnc(NC(=O)/C(C#N)=C\c2cc(I)c(OCCOc3ccc(C(C)(C)C)cc3)c(OC)c2)s1. The summed E-state index contributed by atoms with van der Waals surface area (Å²) in [4.78, 5) is 12.6. The highest BCUT2D eigenvalue weighted by Gasteiger charge is 2.16. The van der Waals surface area contributed by atoms with Gasteiger partial charge >= 0.3 is 0 Å². The van der Waals surface area contributed by atoms with Gasteiger partial charge in [0.2, 0.25) is 5.13 Å². The molecule has 0 fully saturated rings. The minimum Gasteiger partial charge on any atom is -0.493 e. The lowest BCUT2D eigenvalue weighted by atomic mass is 9.87. The van der Waals surface area contributed by atoms with Crippen LogP contribution in [0.5, 0.6) is 17.2 Å². The lowest BCUT2D eigenvalue weighted by Gasteiger charge is -2.19. The number of hydrogen-bond donors (Lipinski definition) is 1. The van der Waals surface area contributed by atoms with Crippen LogP contribution in [-0.4, -0.2) is 36.4 Å². The van der Waals surface area contributed by atoms with Crippen molar-refractivity contribution in [2.45, 2.75) is 39.5 Å². The third kappa shape index (κ3) is 7.90. The van der Waals surface area contributed by atoms with E-state index in [1.165, 1.54) is 30.1 Å². The summed E-state index contributed by atoms with van der Waals surface area (Å²) in [5.74, 6) is 1.28. The van der Waals surface area contributed by atoms with Crippen LogP contribution in [0.25, 0.3) is 6.08 Å². The monoisotopic (exact) mass is 632 g/mol. The van der Waals surface area contributed by atoms with Crippen LogP contribution in [0.3, 0.4) is 0 Å². The van der Waals surface area contributed by atoms with Crippen molar-refractivity contribution in [3.63, 3.8) is 0 Å². The van der Waals surface area contributed by atoms with E-state index in [1.54, 1.807) is 6.07 Å². The zero-order valence-electron chi connectivity index (χ0n) is 21.4. The Morgan fingerprint density at radius 3 is 2.46 bits per heavy atom. The molecule has 0 saturated heterocycles. The number of aryl methyl sites for hydroxylation is 1. The predicted octanol–water partition coefficient (Wildman–Crippen LogP) is 6.01. The van der Waals surface area contributed by atoms with Crippen LogP contribution >= 0.6 is 33.9 Å². The maximum atomic E-state index is 12.6. The highest BCUT2D eigenvalue weighted by Crippen LogP contribution is 2.35. The fourth-order valence-corrected chi connectivity index (χ4v) is 4.70. The van der Waals surface area contributed by atoms with Crippen molar-refractivity contribution in [2.24, 2.45) is 0 Å². The van der Waals surface area contributed by atoms with Gasteiger partial charge in [-0.05, 0) is 75.9 Å². The van der Waals surface area contributed by atoms with Crippen LogP contribution in [-0.2, 0) is 16.6 Å². The number of carbonyl (C=O) groups is 1. The Morgan fingerprint density at radius 2 is 1.86 bits per heavy atom. The molecule has 1 heterocycles. The van der Waals surface area contributed by atoms with Crippen molar-refractivity contribution in [1.29, 1.82) is 5.26 Å². The number of benzene rings is 2. The summed E-state index contributed by atoms with van der Waals surface area (Å²) >= 11 is 3.41. The number of nitrogens with zero attached hydrogens (tertiary/aromatic N) is 3. The smallest absolute Gasteiger partial charge is 0.268 e. The molecule has 0 bridgehead atoms. The molecule has 0 aliphatic carbocycles. The second kappa shape index (κ2) is 12.9. The largest absolute Gasteiger partial charge is 0.493 e. The third-order valence-electron chi connectivity index (χ3n) is 5.24. The molecule has 37 heavy (non-hydrogen) atoms. The maximum Gasteiger partial charge on any atom is 0.268 e. The number of aromatic nitrogens is 2. The van der Waals surface area contributed by atoms with Gasteiger partial charge in [-0.2, -0.15) is 5.26 Å². The number of methoxy groups -OCH3 is 1. The fourth-order valence-electron chi connectivity index (χ4n) is 3.24. The van der Waals surface area contributed by atoms with Crippen LogP contribution in [0.2, 0.25) is 0 Å². The quantitative estimate of drug-likeness (QED) is 0.126. The molecule has 1 N–H and O–H groups in total. The second-order valence-electron chi connectivity index (χ2n) is 8.98. The van der Waals surface area contributed by atoms with E-state index in [0.29, 0.717) is 35.4 Å². The van der Waals surface area contributed by atoms with Gasteiger partial charge in [0.25, 0.3) is 5.91 Å². The minimum atomic E-state index is -0.553. The molecule has 0 radical (unpaired) electrons. The molecule has 0 spiro atoms. The minimum absolute atomic E-state index is 0.0642. The van der Waals surface area contributed by atoms with E-state index < -0.39 is 5.91 Å². The molecule has 2 aromatic carbocycles. The number of hydrogen-bond acceptors (Lipinski definition) is 8. The molecule has 10 heteroatoms. The normalized spacial score (nSPS) is 11.5. The summed E-state index contributed by atoms with van der Waals surface area (Å²) in [6, 6.07) is 13.5. The number of anilines is 1. The summed E-state index contributed by atoms with van der Waals surface area (Å²) in [7, 11) is 1.54. The summed E-state index contributed by atoms with van der Waals surface area (Å²) in [5, 5.41) is 21.2. The second-order valence-corrected chi connectivity index (χ2v) is 11.2. The number of nitrogens with one attached hydrogen (secondary N) is 1. The zero-order chi connectivity index (χ0) is 27.0. The summed E-state index contributed by atoms with van der Waals surface area (Å²) in [6.45, 7) is 9.14. The summed E-state index contributed by atoms with van der Waals surface area (Å²) in [6.07, 6.45) is 2.22. The number of carbonyl (C=O) groups excluding carboxylic acids is 1. The average Bonchev–Trinajstić information content (AvgIpc) is 3.32. The number of rotatable bonds is 10. The molecular weight excluding hydrogens is 603 g/mol. The van der Waals surface area contributed by atoms with Crippen molar-refractivity contribution < 1.29 is 19.0 Å². The molecule has 3 rings (SSSR count). The first kappa shape index (κ1) is 28.4. The summed E-state index contributed by atoms with van der Waals surface area (Å²) < 4.78 is 18.0. The Morgan fingerprint density at radius 1 is 1.16 bits per heavy atom. The number of nitriles is 1. The maximum absolute atomic E-state index is 12.6. The van der Waals surface area contributed by atoms with Crippen LogP contribution in [0, 0.1) is 14.9 Å².